The van der Waals surface area contributed by atoms with Crippen molar-refractivity contribution < 1.29 is 8.76 Å². The van der Waals surface area contributed by atoms with Crippen LogP contribution >= 0.6 is 23.2 Å². The number of benzene rings is 2. The average molecular weight is 342 g/mol. The summed E-state index contributed by atoms with van der Waals surface area (Å²) in [6.07, 6.45) is 0. The molecule has 3 nitrogen and oxygen atoms in total. The Balaban J connectivity index is 2.10. The minimum Gasteiger partial charge on any atom is -0.312 e. The molecule has 0 radical (unpaired) electrons. The van der Waals surface area contributed by atoms with E-state index < -0.39 is 11.1 Å². The molecule has 2 aromatic rings. The van der Waals surface area contributed by atoms with Crippen molar-refractivity contribution in [2.75, 3.05) is 6.54 Å². The summed E-state index contributed by atoms with van der Waals surface area (Å²) in [5.74, 6) is 0.0634. The molecule has 0 amide bonds. The monoisotopic (exact) mass is 341 g/mol. The number of fused-ring (bicyclic) bond motifs is 1. The molecule has 2 atom stereocenters. The molecule has 0 aromatic heterocycles. The van der Waals surface area contributed by atoms with E-state index in [1.165, 1.54) is 0 Å². The molecule has 0 saturated carbocycles. The summed E-state index contributed by atoms with van der Waals surface area (Å²) in [6, 6.07) is 10.8. The van der Waals surface area contributed by atoms with E-state index in [2.05, 4.69) is 5.32 Å². The van der Waals surface area contributed by atoms with Gasteiger partial charge in [-0.3, -0.25) is 0 Å². The zero-order chi connectivity index (χ0) is 15.0. The van der Waals surface area contributed by atoms with Crippen molar-refractivity contribution in [1.82, 2.24) is 5.32 Å². The highest BCUT2D eigenvalue weighted by Gasteiger charge is 2.24. The van der Waals surface area contributed by atoms with Gasteiger partial charge in [0.2, 0.25) is 0 Å². The fourth-order valence-electron chi connectivity index (χ4n) is 2.71. The molecule has 2 aromatic carbocycles. The van der Waals surface area contributed by atoms with Gasteiger partial charge in [0.15, 0.2) is 11.1 Å². The van der Waals surface area contributed by atoms with Crippen molar-refractivity contribution in [3.8, 4) is 0 Å². The summed E-state index contributed by atoms with van der Waals surface area (Å²) in [7, 11) is 0. The van der Waals surface area contributed by atoms with Gasteiger partial charge in [-0.15, -0.1) is 0 Å². The van der Waals surface area contributed by atoms with Crippen molar-refractivity contribution in [2.24, 2.45) is 0 Å². The van der Waals surface area contributed by atoms with Crippen LogP contribution in [-0.4, -0.2) is 15.3 Å². The van der Waals surface area contributed by atoms with Gasteiger partial charge in [0.05, 0.1) is 4.90 Å². The highest BCUT2D eigenvalue weighted by Crippen LogP contribution is 2.36. The lowest BCUT2D eigenvalue weighted by atomic mass is 9.85. The lowest BCUT2D eigenvalue weighted by molar-refractivity contribution is 0.563. The standard InChI is InChI=1S/C15H13Cl2NO2S/c16-10-5-12-13(7-18-8-14(12)15(17)6-10)9-2-1-3-11(4-9)21(19)20/h1-6,13,18H,7-8H2,(H,19,20). The second kappa shape index (κ2) is 6.07. The van der Waals surface area contributed by atoms with Crippen molar-refractivity contribution in [2.45, 2.75) is 17.4 Å². The van der Waals surface area contributed by atoms with Crippen LogP contribution in [0, 0.1) is 0 Å². The van der Waals surface area contributed by atoms with Crippen LogP contribution < -0.4 is 5.32 Å². The molecule has 1 heterocycles. The molecule has 110 valence electrons. The van der Waals surface area contributed by atoms with E-state index >= 15 is 0 Å². The van der Waals surface area contributed by atoms with E-state index in [0.29, 0.717) is 21.5 Å². The number of hydrogen-bond donors (Lipinski definition) is 2. The molecule has 2 N–H and O–H groups in total. The largest absolute Gasteiger partial charge is 0.312 e. The second-order valence-corrected chi connectivity index (χ2v) is 6.77. The Morgan fingerprint density at radius 1 is 1.24 bits per heavy atom. The van der Waals surface area contributed by atoms with Crippen LogP contribution in [0.2, 0.25) is 10.0 Å². The molecular weight excluding hydrogens is 329 g/mol. The molecule has 1 aliphatic rings. The second-order valence-electron chi connectivity index (χ2n) is 4.96. The maximum atomic E-state index is 11.2. The Morgan fingerprint density at radius 3 is 2.81 bits per heavy atom. The Bertz CT molecular complexity index is 721. The van der Waals surface area contributed by atoms with Gasteiger partial charge in [-0.05, 0) is 41.0 Å². The fraction of sp³-hybridized carbons (Fsp3) is 0.200. The van der Waals surface area contributed by atoms with Crippen LogP contribution in [0.15, 0.2) is 41.3 Å². The first-order valence-corrected chi connectivity index (χ1v) is 8.32. The van der Waals surface area contributed by atoms with Crippen LogP contribution in [-0.2, 0) is 17.6 Å². The van der Waals surface area contributed by atoms with E-state index in [-0.39, 0.29) is 5.92 Å². The molecule has 0 bridgehead atoms. The third kappa shape index (κ3) is 3.00. The SMILES string of the molecule is O=S(O)c1cccc(C2CNCc3c(Cl)cc(Cl)cc32)c1. The molecule has 6 heteroatoms. The van der Waals surface area contributed by atoms with Gasteiger partial charge in [-0.25, -0.2) is 4.21 Å². The average Bonchev–Trinajstić information content (AvgIpc) is 2.46. The van der Waals surface area contributed by atoms with Gasteiger partial charge in [0.1, 0.15) is 0 Å². The van der Waals surface area contributed by atoms with Crippen molar-refractivity contribution in [1.29, 1.82) is 0 Å². The maximum Gasteiger partial charge on any atom is 0.186 e. The first-order valence-electron chi connectivity index (χ1n) is 6.45. The van der Waals surface area contributed by atoms with Gasteiger partial charge in [-0.1, -0.05) is 35.3 Å². The maximum absolute atomic E-state index is 11.2. The summed E-state index contributed by atoms with van der Waals surface area (Å²) in [5.41, 5.74) is 3.08. The first kappa shape index (κ1) is 15.0. The first-order chi connectivity index (χ1) is 10.1. The van der Waals surface area contributed by atoms with Gasteiger partial charge in [0.25, 0.3) is 0 Å². The molecule has 0 spiro atoms. The smallest absolute Gasteiger partial charge is 0.186 e. The molecule has 0 fully saturated rings. The number of hydrogen-bond acceptors (Lipinski definition) is 2. The van der Waals surface area contributed by atoms with Gasteiger partial charge >= 0.3 is 0 Å². The molecule has 3 rings (SSSR count). The number of halogens is 2. The molecule has 21 heavy (non-hydrogen) atoms. The fourth-order valence-corrected chi connectivity index (χ4v) is 3.72. The van der Waals surface area contributed by atoms with Crippen LogP contribution in [0.5, 0.6) is 0 Å². The Kier molecular flexibility index (Phi) is 4.33. The van der Waals surface area contributed by atoms with Crippen LogP contribution in [0.3, 0.4) is 0 Å². The minimum atomic E-state index is -1.98. The molecular formula is C15H13Cl2NO2S. The van der Waals surface area contributed by atoms with Crippen LogP contribution in [0.4, 0.5) is 0 Å². The minimum absolute atomic E-state index is 0.0634. The Hall–Kier alpha value is -0.910. The normalized spacial score (nSPS) is 19.1. The predicted octanol–water partition coefficient (Wildman–Crippen LogP) is 3.81. The zero-order valence-corrected chi connectivity index (χ0v) is 13.3. The highest BCUT2D eigenvalue weighted by atomic mass is 35.5. The molecule has 0 saturated heterocycles. The van der Waals surface area contributed by atoms with Crippen molar-refractivity contribution in [3.05, 3.63) is 63.1 Å². The van der Waals surface area contributed by atoms with Gasteiger partial charge in [0, 0.05) is 29.1 Å². The quantitative estimate of drug-likeness (QED) is 0.816. The molecule has 2 unspecified atom stereocenters. The van der Waals surface area contributed by atoms with E-state index in [1.54, 1.807) is 24.3 Å². The third-order valence-corrected chi connectivity index (χ3v) is 4.90. The Labute approximate surface area is 135 Å². The predicted molar refractivity (Wildman–Crippen MR) is 85.5 cm³/mol. The third-order valence-electron chi connectivity index (χ3n) is 3.68. The van der Waals surface area contributed by atoms with E-state index in [1.807, 2.05) is 12.1 Å². The van der Waals surface area contributed by atoms with Gasteiger partial charge in [-0.2, -0.15) is 0 Å². The number of nitrogens with one attached hydrogen (secondary N) is 1. The molecule has 0 aliphatic carbocycles. The number of rotatable bonds is 2. The van der Waals surface area contributed by atoms with Crippen LogP contribution in [0.25, 0.3) is 0 Å². The van der Waals surface area contributed by atoms with Gasteiger partial charge < -0.3 is 9.87 Å². The van der Waals surface area contributed by atoms with Crippen molar-refractivity contribution in [3.63, 3.8) is 0 Å². The van der Waals surface area contributed by atoms with E-state index in [4.69, 9.17) is 23.2 Å². The van der Waals surface area contributed by atoms with Crippen molar-refractivity contribution >= 4 is 34.3 Å². The summed E-state index contributed by atoms with van der Waals surface area (Å²) >= 11 is 10.4. The Morgan fingerprint density at radius 2 is 2.05 bits per heavy atom. The summed E-state index contributed by atoms with van der Waals surface area (Å²) in [5, 5.41) is 4.59. The lowest BCUT2D eigenvalue weighted by Gasteiger charge is -2.28. The summed E-state index contributed by atoms with van der Waals surface area (Å²) < 4.78 is 20.5. The lowest BCUT2D eigenvalue weighted by Crippen LogP contribution is -2.29. The zero-order valence-electron chi connectivity index (χ0n) is 11.0. The topological polar surface area (TPSA) is 49.3 Å². The summed E-state index contributed by atoms with van der Waals surface area (Å²) in [4.78, 5) is 0.396. The van der Waals surface area contributed by atoms with E-state index in [0.717, 1.165) is 23.2 Å². The summed E-state index contributed by atoms with van der Waals surface area (Å²) in [6.45, 7) is 1.44. The highest BCUT2D eigenvalue weighted by molar-refractivity contribution is 7.79. The van der Waals surface area contributed by atoms with E-state index in [9.17, 15) is 8.76 Å². The van der Waals surface area contributed by atoms with Crippen LogP contribution in [0.1, 0.15) is 22.6 Å². The molecule has 1 aliphatic heterocycles.